The first-order chi connectivity index (χ1) is 31.1. The average Bonchev–Trinajstić information content (AvgIpc) is 3.86. The fourth-order valence-corrected chi connectivity index (χ4v) is 11.0. The van der Waals surface area contributed by atoms with Gasteiger partial charge in [0.1, 0.15) is 48.1 Å². The first kappa shape index (κ1) is 42.9. The van der Waals surface area contributed by atoms with Crippen molar-refractivity contribution >= 4 is 17.5 Å². The molecule has 0 saturated heterocycles. The van der Waals surface area contributed by atoms with E-state index in [9.17, 15) is 20.1 Å². The van der Waals surface area contributed by atoms with E-state index in [-0.39, 0.29) is 36.4 Å². The highest BCUT2D eigenvalue weighted by molar-refractivity contribution is 5.84. The lowest BCUT2D eigenvalue weighted by Crippen LogP contribution is -2.31. The number of aromatic hydroxyl groups is 2. The number of aliphatic hydroxyl groups is 1. The van der Waals surface area contributed by atoms with Crippen molar-refractivity contribution in [3.63, 3.8) is 0 Å². The first-order valence-corrected chi connectivity index (χ1v) is 22.4. The van der Waals surface area contributed by atoms with Crippen LogP contribution in [-0.4, -0.2) is 66.4 Å². The second-order valence-electron chi connectivity index (χ2n) is 17.5. The standard InChI is InChI=1S/C52H56N4O8/c1-4-55-42-10-6-5-8-31(42)12-13-36-33-18-19-52(26-33)27-34-22-35(59)24-46(63-29-57)48(34)39-15-14-38-41(28-62-30(2)58)50(64-51(38)49(39)52)40-25-45(61-21-20-54-3)44(60)23-32(40)9-7-11-43-37(36)16-17-47(53)56-43/h5-6,8,10,14-17,22-25,33,36,41,50,54-55,57,59-60H,4,9,12-13,18-21,26-29H2,1-3H3,(H2,53,56). The predicted octanol–water partition coefficient (Wildman–Crippen LogP) is 7.80. The number of aliphatic hydroxyl groups excluding tert-OH is 1. The van der Waals surface area contributed by atoms with Gasteiger partial charge in [-0.2, -0.15) is 0 Å². The normalized spacial score (nSPS) is 21.1. The number of rotatable bonds is 13. The van der Waals surface area contributed by atoms with E-state index in [4.69, 9.17) is 29.7 Å². The van der Waals surface area contributed by atoms with Crippen LogP contribution in [0, 0.1) is 17.8 Å². The maximum atomic E-state index is 12.5. The summed E-state index contributed by atoms with van der Waals surface area (Å²) in [6, 6.07) is 23.5. The van der Waals surface area contributed by atoms with Crippen molar-refractivity contribution < 1.29 is 39.1 Å². The minimum absolute atomic E-state index is 0.0211. The monoisotopic (exact) mass is 864 g/mol. The molecule has 1 spiro atoms. The third kappa shape index (κ3) is 8.03. The summed E-state index contributed by atoms with van der Waals surface area (Å²) in [7, 11) is 1.84. The van der Waals surface area contributed by atoms with Gasteiger partial charge in [-0.1, -0.05) is 42.3 Å². The van der Waals surface area contributed by atoms with E-state index >= 15 is 0 Å². The molecule has 4 bridgehead atoms. The summed E-state index contributed by atoms with van der Waals surface area (Å²) >= 11 is 0. The van der Waals surface area contributed by atoms with E-state index < -0.39 is 30.2 Å². The van der Waals surface area contributed by atoms with Crippen molar-refractivity contribution in [3.8, 4) is 51.7 Å². The molecule has 5 aromatic rings. The molecule has 1 aromatic heterocycles. The first-order valence-electron chi connectivity index (χ1n) is 22.4. The minimum atomic E-state index is -0.649. The van der Waals surface area contributed by atoms with Gasteiger partial charge in [0.05, 0.1) is 5.92 Å². The van der Waals surface area contributed by atoms with Crippen molar-refractivity contribution in [2.75, 3.05) is 51.2 Å². The Morgan fingerprint density at radius 2 is 1.84 bits per heavy atom. The van der Waals surface area contributed by atoms with E-state index in [1.54, 1.807) is 12.1 Å². The Kier molecular flexibility index (Phi) is 12.0. The van der Waals surface area contributed by atoms with Gasteiger partial charge >= 0.3 is 5.97 Å². The molecular formula is C52H56N4O8. The van der Waals surface area contributed by atoms with Gasteiger partial charge in [-0.3, -0.25) is 4.79 Å². The topological polar surface area (TPSA) is 178 Å². The van der Waals surface area contributed by atoms with Crippen molar-refractivity contribution in [1.29, 1.82) is 0 Å². The molecule has 332 valence electrons. The molecule has 2 aliphatic carbocycles. The zero-order valence-corrected chi connectivity index (χ0v) is 36.6. The largest absolute Gasteiger partial charge is 0.508 e. The third-order valence-corrected chi connectivity index (χ3v) is 13.7. The van der Waals surface area contributed by atoms with Gasteiger partial charge in [-0.15, -0.1) is 0 Å². The summed E-state index contributed by atoms with van der Waals surface area (Å²) in [5.74, 6) is 8.14. The van der Waals surface area contributed by atoms with Crippen molar-refractivity contribution in [2.24, 2.45) is 5.92 Å². The smallest absolute Gasteiger partial charge is 0.302 e. The number of fused-ring (bicyclic) bond motifs is 7. The molecule has 4 aliphatic rings. The number of nitrogens with one attached hydrogen (secondary N) is 2. The van der Waals surface area contributed by atoms with E-state index in [2.05, 4.69) is 71.9 Å². The van der Waals surface area contributed by atoms with Crippen LogP contribution in [-0.2, 0) is 34.2 Å². The molecule has 5 unspecified atom stereocenters. The summed E-state index contributed by atoms with van der Waals surface area (Å²) in [5, 5.41) is 39.2. The number of nitrogen functional groups attached to an aromatic ring is 1. The molecule has 12 nitrogen and oxygen atoms in total. The van der Waals surface area contributed by atoms with Crippen LogP contribution in [0.4, 0.5) is 11.5 Å². The van der Waals surface area contributed by atoms with Crippen molar-refractivity contribution in [2.45, 2.75) is 82.1 Å². The van der Waals surface area contributed by atoms with Crippen LogP contribution in [0.2, 0.25) is 0 Å². The quantitative estimate of drug-likeness (QED) is 0.0294. The van der Waals surface area contributed by atoms with Crippen molar-refractivity contribution in [1.82, 2.24) is 10.3 Å². The highest BCUT2D eigenvalue weighted by atomic mass is 16.6. The lowest BCUT2D eigenvalue weighted by atomic mass is 9.64. The molecule has 12 heteroatoms. The molecule has 9 rings (SSSR count). The average molecular weight is 865 g/mol. The molecule has 5 atom stereocenters. The van der Waals surface area contributed by atoms with Gasteiger partial charge in [0.2, 0.25) is 0 Å². The summed E-state index contributed by atoms with van der Waals surface area (Å²) in [5.41, 5.74) is 16.1. The fourth-order valence-electron chi connectivity index (χ4n) is 11.0. The predicted molar refractivity (Wildman–Crippen MR) is 245 cm³/mol. The zero-order valence-electron chi connectivity index (χ0n) is 36.6. The molecule has 0 radical (unpaired) electrons. The number of phenols is 2. The number of aromatic nitrogens is 1. The van der Waals surface area contributed by atoms with E-state index in [1.807, 2.05) is 25.2 Å². The number of hydrogen-bond acceptors (Lipinski definition) is 12. The van der Waals surface area contributed by atoms with E-state index in [0.29, 0.717) is 42.6 Å². The van der Waals surface area contributed by atoms with Gasteiger partial charge in [0.15, 0.2) is 18.3 Å². The van der Waals surface area contributed by atoms with Gasteiger partial charge in [-0.05, 0) is 128 Å². The summed E-state index contributed by atoms with van der Waals surface area (Å²) in [4.78, 5) is 17.4. The zero-order chi connectivity index (χ0) is 44.5. The molecule has 64 heavy (non-hydrogen) atoms. The second kappa shape index (κ2) is 18.0. The fraction of sp³-hybridized carbons (Fsp3) is 0.385. The van der Waals surface area contributed by atoms with E-state index in [0.717, 1.165) is 94.6 Å². The Hall–Kier alpha value is -6.42. The Morgan fingerprint density at radius 3 is 2.66 bits per heavy atom. The van der Waals surface area contributed by atoms with Crippen LogP contribution in [0.25, 0.3) is 11.1 Å². The van der Waals surface area contributed by atoms with Gasteiger partial charge in [0, 0.05) is 65.9 Å². The van der Waals surface area contributed by atoms with Gasteiger partial charge in [-0.25, -0.2) is 4.98 Å². The molecule has 4 aromatic carbocycles. The number of ether oxygens (including phenoxy) is 4. The number of nitrogens with zero attached hydrogens (tertiary/aromatic N) is 1. The lowest BCUT2D eigenvalue weighted by Gasteiger charge is -2.40. The molecule has 1 fully saturated rings. The number of phenolic OH excluding ortho intramolecular Hbond substituents is 2. The maximum Gasteiger partial charge on any atom is 0.302 e. The number of hydrogen-bond donors (Lipinski definition) is 6. The summed E-state index contributed by atoms with van der Waals surface area (Å²) in [6.45, 7) is 4.71. The van der Waals surface area contributed by atoms with Crippen LogP contribution >= 0.6 is 0 Å². The highest BCUT2D eigenvalue weighted by Gasteiger charge is 2.52. The Balaban J connectivity index is 1.28. The molecule has 0 amide bonds. The lowest BCUT2D eigenvalue weighted by molar-refractivity contribution is -0.141. The highest BCUT2D eigenvalue weighted by Crippen LogP contribution is 2.63. The number of aryl methyl sites for hydroxylation is 1. The number of esters is 1. The number of pyridine rings is 1. The van der Waals surface area contributed by atoms with Crippen LogP contribution < -0.4 is 30.6 Å². The molecular weight excluding hydrogens is 809 g/mol. The number of carbonyl (C=O) groups excluding carboxylic acids is 1. The van der Waals surface area contributed by atoms with Crippen LogP contribution in [0.15, 0.2) is 72.8 Å². The number of likely N-dealkylation sites (N-methyl/N-ethyl adjacent to an activating group) is 1. The molecule has 2 aliphatic heterocycles. The maximum absolute atomic E-state index is 12.5. The van der Waals surface area contributed by atoms with Crippen LogP contribution in [0.5, 0.6) is 28.7 Å². The minimum Gasteiger partial charge on any atom is -0.508 e. The summed E-state index contributed by atoms with van der Waals surface area (Å²) < 4.78 is 25.2. The molecule has 3 heterocycles. The number of anilines is 2. The Labute approximate surface area is 374 Å². The van der Waals surface area contributed by atoms with Gasteiger partial charge < -0.3 is 50.6 Å². The number of benzene rings is 4. The number of para-hydroxylation sites is 1. The van der Waals surface area contributed by atoms with Crippen LogP contribution in [0.3, 0.4) is 0 Å². The Bertz CT molecular complexity index is 2650. The summed E-state index contributed by atoms with van der Waals surface area (Å²) in [6.07, 6.45) is 4.40. The van der Waals surface area contributed by atoms with E-state index in [1.165, 1.54) is 12.5 Å². The third-order valence-electron chi connectivity index (χ3n) is 13.7. The second-order valence-corrected chi connectivity index (χ2v) is 17.5. The van der Waals surface area contributed by atoms with Crippen molar-refractivity contribution in [3.05, 3.63) is 117 Å². The van der Waals surface area contributed by atoms with Crippen LogP contribution in [0.1, 0.15) is 102 Å². The number of carbonyl (C=O) groups is 1. The Morgan fingerprint density at radius 1 is 1.00 bits per heavy atom. The SMILES string of the molecule is CCNc1ccccc1CCC1c2ccc(N)nc2C#CCc2cc(O)c(OCCNC)cc2C2Oc3c(ccc4c3C3(CCC1C3)Cc1cc(O)cc(OCO)c1-4)C2COC(C)=O. The molecule has 1 saturated carbocycles. The van der Waals surface area contributed by atoms with Gasteiger partial charge in [0.25, 0.3) is 0 Å². The number of nitrogens with two attached hydrogens (primary N) is 1. The molecule has 7 N–H and O–H groups in total.